The maximum absolute atomic E-state index is 12.3. The van der Waals surface area contributed by atoms with E-state index in [0.717, 1.165) is 44.3 Å². The highest BCUT2D eigenvalue weighted by Gasteiger charge is 2.33. The SMILES string of the molecule is CCOC(=O)c1nn(C2CCNCC2)c2c1CCCC2=O. The summed E-state index contributed by atoms with van der Waals surface area (Å²) in [6, 6.07) is 0.199. The molecule has 2 aliphatic rings. The standard InChI is InChI=1S/C15H21N3O3/c1-2-21-15(20)13-11-4-3-5-12(19)14(11)18(17-13)10-6-8-16-9-7-10/h10,16H,2-9H2,1H3. The number of esters is 1. The summed E-state index contributed by atoms with van der Waals surface area (Å²) in [4.78, 5) is 24.4. The Morgan fingerprint density at radius 1 is 1.38 bits per heavy atom. The fraction of sp³-hybridized carbons (Fsp3) is 0.667. The molecular formula is C15H21N3O3. The van der Waals surface area contributed by atoms with Crippen LogP contribution in [0.3, 0.4) is 0 Å². The molecule has 0 spiro atoms. The van der Waals surface area contributed by atoms with Crippen molar-refractivity contribution < 1.29 is 14.3 Å². The number of carbonyl (C=O) groups excluding carboxylic acids is 2. The van der Waals surface area contributed by atoms with E-state index in [1.54, 1.807) is 6.92 Å². The Balaban J connectivity index is 2.02. The molecule has 0 atom stereocenters. The molecule has 1 aromatic rings. The molecule has 1 N–H and O–H groups in total. The quantitative estimate of drug-likeness (QED) is 0.854. The van der Waals surface area contributed by atoms with E-state index in [-0.39, 0.29) is 11.8 Å². The second-order valence-electron chi connectivity index (χ2n) is 5.60. The van der Waals surface area contributed by atoms with Crippen LogP contribution in [0.25, 0.3) is 0 Å². The number of nitrogens with one attached hydrogen (secondary N) is 1. The van der Waals surface area contributed by atoms with Crippen molar-refractivity contribution in [3.63, 3.8) is 0 Å². The monoisotopic (exact) mass is 291 g/mol. The molecule has 0 amide bonds. The summed E-state index contributed by atoms with van der Waals surface area (Å²) in [6.45, 7) is 3.94. The number of carbonyl (C=O) groups is 2. The van der Waals surface area contributed by atoms with Gasteiger partial charge in [0.05, 0.1) is 12.6 Å². The van der Waals surface area contributed by atoms with Gasteiger partial charge in [-0.1, -0.05) is 0 Å². The van der Waals surface area contributed by atoms with E-state index in [0.29, 0.717) is 24.4 Å². The summed E-state index contributed by atoms with van der Waals surface area (Å²) >= 11 is 0. The number of Topliss-reactive ketones (excluding diaryl/α,β-unsaturated/α-hetero) is 1. The van der Waals surface area contributed by atoms with E-state index in [4.69, 9.17) is 4.74 Å². The predicted octanol–water partition coefficient (Wildman–Crippen LogP) is 1.50. The minimum Gasteiger partial charge on any atom is -0.461 e. The van der Waals surface area contributed by atoms with E-state index in [1.807, 2.05) is 4.68 Å². The number of ether oxygens (including phenoxy) is 1. The molecule has 21 heavy (non-hydrogen) atoms. The molecule has 1 aliphatic heterocycles. The number of piperidine rings is 1. The lowest BCUT2D eigenvalue weighted by molar-refractivity contribution is 0.0516. The maximum atomic E-state index is 12.3. The number of rotatable bonds is 3. The van der Waals surface area contributed by atoms with Gasteiger partial charge in [0, 0.05) is 12.0 Å². The van der Waals surface area contributed by atoms with Crippen LogP contribution in [0, 0.1) is 0 Å². The zero-order valence-corrected chi connectivity index (χ0v) is 12.4. The van der Waals surface area contributed by atoms with E-state index < -0.39 is 5.97 Å². The second kappa shape index (κ2) is 5.97. The van der Waals surface area contributed by atoms with Crippen molar-refractivity contribution >= 4 is 11.8 Å². The first-order valence-corrected chi connectivity index (χ1v) is 7.74. The Labute approximate surface area is 123 Å². The minimum atomic E-state index is -0.406. The van der Waals surface area contributed by atoms with Gasteiger partial charge in [0.2, 0.25) is 0 Å². The third-order valence-electron chi connectivity index (χ3n) is 4.23. The van der Waals surface area contributed by atoms with Gasteiger partial charge >= 0.3 is 5.97 Å². The third-order valence-corrected chi connectivity index (χ3v) is 4.23. The molecule has 0 radical (unpaired) electrons. The van der Waals surface area contributed by atoms with Gasteiger partial charge < -0.3 is 10.1 Å². The number of aromatic nitrogens is 2. The van der Waals surface area contributed by atoms with Crippen molar-refractivity contribution in [1.82, 2.24) is 15.1 Å². The molecule has 6 nitrogen and oxygen atoms in total. The molecule has 2 heterocycles. The largest absolute Gasteiger partial charge is 0.461 e. The number of nitrogens with zero attached hydrogens (tertiary/aromatic N) is 2. The van der Waals surface area contributed by atoms with Gasteiger partial charge in [-0.25, -0.2) is 4.79 Å². The average molecular weight is 291 g/mol. The lowest BCUT2D eigenvalue weighted by atomic mass is 9.94. The lowest BCUT2D eigenvalue weighted by Gasteiger charge is -2.25. The number of hydrogen-bond acceptors (Lipinski definition) is 5. The average Bonchev–Trinajstić information content (AvgIpc) is 2.89. The van der Waals surface area contributed by atoms with Gasteiger partial charge in [0.1, 0.15) is 5.69 Å². The first kappa shape index (κ1) is 14.3. The first-order chi connectivity index (χ1) is 10.2. The number of fused-ring (bicyclic) bond motifs is 1. The highest BCUT2D eigenvalue weighted by Crippen LogP contribution is 2.30. The van der Waals surface area contributed by atoms with Crippen LogP contribution in [-0.2, 0) is 11.2 Å². The molecule has 6 heteroatoms. The fourth-order valence-electron chi connectivity index (χ4n) is 3.22. The fourth-order valence-corrected chi connectivity index (χ4v) is 3.22. The molecule has 0 saturated carbocycles. The molecule has 1 fully saturated rings. The summed E-state index contributed by atoms with van der Waals surface area (Å²) in [5, 5.41) is 7.79. The Hall–Kier alpha value is -1.69. The Morgan fingerprint density at radius 2 is 2.14 bits per heavy atom. The summed E-state index contributed by atoms with van der Waals surface area (Å²) in [6.07, 6.45) is 3.94. The van der Waals surface area contributed by atoms with Crippen LogP contribution in [0.15, 0.2) is 0 Å². The topological polar surface area (TPSA) is 73.2 Å². The van der Waals surface area contributed by atoms with Gasteiger partial charge in [-0.2, -0.15) is 5.10 Å². The van der Waals surface area contributed by atoms with Gasteiger partial charge in [-0.15, -0.1) is 0 Å². The highest BCUT2D eigenvalue weighted by atomic mass is 16.5. The van der Waals surface area contributed by atoms with Crippen LogP contribution >= 0.6 is 0 Å². The highest BCUT2D eigenvalue weighted by molar-refractivity contribution is 6.00. The van der Waals surface area contributed by atoms with E-state index in [1.165, 1.54) is 0 Å². The Bertz CT molecular complexity index is 559. The Kier molecular flexibility index (Phi) is 4.05. The molecule has 1 aromatic heterocycles. The van der Waals surface area contributed by atoms with Crippen molar-refractivity contribution in [3.8, 4) is 0 Å². The van der Waals surface area contributed by atoms with Gasteiger partial charge in [0.15, 0.2) is 11.5 Å². The maximum Gasteiger partial charge on any atom is 0.359 e. The molecule has 1 saturated heterocycles. The summed E-state index contributed by atoms with van der Waals surface area (Å²) < 4.78 is 6.90. The second-order valence-corrected chi connectivity index (χ2v) is 5.60. The third kappa shape index (κ3) is 2.60. The zero-order chi connectivity index (χ0) is 14.8. The molecule has 3 rings (SSSR count). The van der Waals surface area contributed by atoms with Crippen molar-refractivity contribution in [3.05, 3.63) is 17.0 Å². The molecular weight excluding hydrogens is 270 g/mol. The van der Waals surface area contributed by atoms with Crippen molar-refractivity contribution in [2.24, 2.45) is 0 Å². The number of hydrogen-bond donors (Lipinski definition) is 1. The zero-order valence-electron chi connectivity index (χ0n) is 12.4. The summed E-state index contributed by atoms with van der Waals surface area (Å²) in [5.41, 5.74) is 1.79. The van der Waals surface area contributed by atoms with Gasteiger partial charge in [-0.05, 0) is 45.7 Å². The van der Waals surface area contributed by atoms with Gasteiger partial charge in [-0.3, -0.25) is 9.48 Å². The molecule has 1 aliphatic carbocycles. The van der Waals surface area contributed by atoms with E-state index in [2.05, 4.69) is 10.4 Å². The summed E-state index contributed by atoms with van der Waals surface area (Å²) in [7, 11) is 0. The smallest absolute Gasteiger partial charge is 0.359 e. The molecule has 0 unspecified atom stereocenters. The van der Waals surface area contributed by atoms with Crippen LogP contribution in [0.1, 0.15) is 65.2 Å². The van der Waals surface area contributed by atoms with Crippen molar-refractivity contribution in [2.75, 3.05) is 19.7 Å². The number of ketones is 1. The van der Waals surface area contributed by atoms with Crippen LogP contribution in [-0.4, -0.2) is 41.2 Å². The van der Waals surface area contributed by atoms with E-state index >= 15 is 0 Å². The van der Waals surface area contributed by atoms with Crippen molar-refractivity contribution in [2.45, 2.75) is 45.1 Å². The molecule has 0 aromatic carbocycles. The molecule has 0 bridgehead atoms. The normalized spacial score (nSPS) is 19.4. The first-order valence-electron chi connectivity index (χ1n) is 7.74. The predicted molar refractivity (Wildman–Crippen MR) is 76.6 cm³/mol. The van der Waals surface area contributed by atoms with Gasteiger partial charge in [0.25, 0.3) is 0 Å². The van der Waals surface area contributed by atoms with Crippen LogP contribution in [0.4, 0.5) is 0 Å². The van der Waals surface area contributed by atoms with E-state index in [9.17, 15) is 9.59 Å². The lowest BCUT2D eigenvalue weighted by Crippen LogP contribution is -2.31. The van der Waals surface area contributed by atoms with Crippen LogP contribution < -0.4 is 5.32 Å². The summed E-state index contributed by atoms with van der Waals surface area (Å²) in [5.74, 6) is -0.297. The Morgan fingerprint density at radius 3 is 2.86 bits per heavy atom. The van der Waals surface area contributed by atoms with Crippen LogP contribution in [0.5, 0.6) is 0 Å². The minimum absolute atomic E-state index is 0.109. The van der Waals surface area contributed by atoms with Crippen molar-refractivity contribution in [1.29, 1.82) is 0 Å². The van der Waals surface area contributed by atoms with Crippen LogP contribution in [0.2, 0.25) is 0 Å². The molecule has 114 valence electrons.